The Morgan fingerprint density at radius 2 is 0.633 bits per heavy atom. The van der Waals surface area contributed by atoms with Gasteiger partial charge in [-0.25, -0.2) is 37.6 Å². The van der Waals surface area contributed by atoms with Crippen molar-refractivity contribution >= 4 is 43.2 Å². The number of carbonyl (C=O) groups is 2. The highest BCUT2D eigenvalue weighted by Gasteiger charge is 2.88. The fraction of sp³-hybridized carbons (Fsp3) is 0.679. The van der Waals surface area contributed by atoms with E-state index in [0.717, 1.165) is 48.5 Å². The highest BCUT2D eigenvalue weighted by atomic mass is 32.3. The van der Waals surface area contributed by atoms with E-state index < -0.39 is 204 Å². The van der Waals surface area contributed by atoms with Crippen molar-refractivity contribution in [3.05, 3.63) is 84.6 Å². The minimum Gasteiger partial charge on any atom is -0.309 e. The Morgan fingerprint density at radius 3 is 0.833 bits per heavy atom. The highest BCUT2D eigenvalue weighted by Crippen LogP contribution is 2.63. The molecule has 0 aromatic heterocycles. The second-order valence-electron chi connectivity index (χ2n) is 22.7. The van der Waals surface area contributed by atoms with E-state index in [1.807, 2.05) is 0 Å². The van der Waals surface area contributed by atoms with Crippen LogP contribution >= 0.6 is 20.1 Å². The number of hydrogen-bond donors (Lipinski definition) is 0. The normalized spacial score (nSPS) is 19.6. The van der Waals surface area contributed by atoms with Gasteiger partial charge < -0.3 is 28.7 Å². The maximum atomic E-state index is 17.4. The van der Waals surface area contributed by atoms with Gasteiger partial charge in [-0.05, 0) is 127 Å². The van der Waals surface area contributed by atoms with Crippen LogP contribution in [0, 0.1) is 0 Å². The summed E-state index contributed by atoms with van der Waals surface area (Å²) in [5.74, 6) is -5.79. The van der Waals surface area contributed by atoms with Crippen molar-refractivity contribution in [1.29, 1.82) is 0 Å². The van der Waals surface area contributed by atoms with Gasteiger partial charge in [0.1, 0.15) is 22.4 Å². The first-order valence-corrected chi connectivity index (χ1v) is 32.3. The molecular formula is C56H72F24N2O6S2. The first-order valence-electron chi connectivity index (χ1n) is 26.9. The average Bonchev–Trinajstić information content (AvgIpc) is 0.710. The molecule has 0 aliphatic rings. The van der Waals surface area contributed by atoms with Crippen LogP contribution in [0.4, 0.5) is 117 Å². The molecule has 0 saturated carbocycles. The van der Waals surface area contributed by atoms with E-state index >= 15 is 105 Å². The third kappa shape index (κ3) is 15.1. The van der Waals surface area contributed by atoms with Gasteiger partial charge in [-0.2, -0.15) is 87.8 Å². The molecule has 8 nitrogen and oxygen atoms in total. The lowest BCUT2D eigenvalue weighted by molar-refractivity contribution is -0.520. The van der Waals surface area contributed by atoms with Crippen LogP contribution in [0.5, 0.6) is 0 Å². The van der Waals surface area contributed by atoms with Gasteiger partial charge in [-0.15, -0.1) is 0 Å². The summed E-state index contributed by atoms with van der Waals surface area (Å²) in [4.78, 5) is 28.2. The number of para-hydroxylation sites is 2. The molecule has 2 aromatic carbocycles. The Labute approximate surface area is 508 Å². The monoisotopic (exact) mass is 1390 g/mol. The molecular weight excluding hydrogens is 1320 g/mol. The van der Waals surface area contributed by atoms with Gasteiger partial charge in [0.05, 0.1) is 0 Å². The smallest absolute Gasteiger partial charge is 0.309 e. The number of benzene rings is 2. The molecule has 0 bridgehead atoms. The van der Waals surface area contributed by atoms with E-state index in [4.69, 9.17) is 0 Å². The minimum atomic E-state index is -7.72. The molecule has 0 heterocycles. The third-order valence-electron chi connectivity index (χ3n) is 16.0. The lowest BCUT2D eigenvalue weighted by Crippen LogP contribution is -2.76. The zero-order valence-corrected chi connectivity index (χ0v) is 52.3. The number of alkyl halides is 24. The molecule has 90 heavy (non-hydrogen) atoms. The van der Waals surface area contributed by atoms with Gasteiger partial charge >= 0.3 is 71.8 Å². The predicted molar refractivity (Wildman–Crippen MR) is 294 cm³/mol. The topological polar surface area (TPSA) is 77.5 Å². The van der Waals surface area contributed by atoms with E-state index in [1.54, 1.807) is 25.0 Å². The van der Waals surface area contributed by atoms with E-state index in [1.165, 1.54) is 22.9 Å². The Balaban J connectivity index is 2.98. The maximum Gasteiger partial charge on any atom is 0.448 e. The van der Waals surface area contributed by atoms with Crippen LogP contribution in [-0.2, 0) is 28.5 Å². The van der Waals surface area contributed by atoms with E-state index in [9.17, 15) is 9.59 Å². The summed E-state index contributed by atoms with van der Waals surface area (Å²) in [5, 5.41) is 2.86. The minimum absolute atomic E-state index is 0.00243. The van der Waals surface area contributed by atoms with E-state index in [-0.39, 0.29) is 61.8 Å². The molecule has 0 aliphatic heterocycles. The zero-order valence-electron chi connectivity index (χ0n) is 50.6. The van der Waals surface area contributed by atoms with Gasteiger partial charge in [-0.3, -0.25) is 9.59 Å². The summed E-state index contributed by atoms with van der Waals surface area (Å²) in [5.41, 5.74) is -49.2. The molecule has 0 aliphatic carbocycles. The van der Waals surface area contributed by atoms with Crippen LogP contribution in [-0.4, -0.2) is 156 Å². The number of ether oxygens (including phenoxy) is 4. The van der Waals surface area contributed by atoms with E-state index in [2.05, 4.69) is 32.1 Å². The Bertz CT molecular complexity index is 2570. The molecule has 0 radical (unpaired) electrons. The number of halogens is 24. The molecule has 0 spiro atoms. The number of rotatable bonds is 33. The van der Waals surface area contributed by atoms with Crippen molar-refractivity contribution in [2.45, 2.75) is 188 Å². The molecule has 8 atom stereocenters. The van der Waals surface area contributed by atoms with Crippen LogP contribution in [0.3, 0.4) is 0 Å². The van der Waals surface area contributed by atoms with Crippen molar-refractivity contribution in [2.24, 2.45) is 0 Å². The lowest BCUT2D eigenvalue weighted by atomic mass is 9.78. The molecule has 522 valence electrons. The summed E-state index contributed by atoms with van der Waals surface area (Å²) in [7, 11) is -3.62. The summed E-state index contributed by atoms with van der Waals surface area (Å²) in [6.07, 6.45) is -62.6. The van der Waals surface area contributed by atoms with Crippen LogP contribution < -0.4 is 9.80 Å². The maximum absolute atomic E-state index is 17.4. The lowest BCUT2D eigenvalue weighted by Gasteiger charge is -2.52. The quantitative estimate of drug-likeness (QED) is 0.0663. The fourth-order valence-electron chi connectivity index (χ4n) is 9.41. The summed E-state index contributed by atoms with van der Waals surface area (Å²) < 4.78 is 398. The highest BCUT2D eigenvalue weighted by molar-refractivity contribution is 8.35. The Hall–Kier alpha value is -4.28. The Kier molecular flexibility index (Phi) is 24.7. The Morgan fingerprint density at radius 1 is 0.400 bits per heavy atom. The molecule has 2 amide bonds. The summed E-state index contributed by atoms with van der Waals surface area (Å²) in [6.45, 7) is 2.95. The van der Waals surface area contributed by atoms with Crippen LogP contribution in [0.15, 0.2) is 84.6 Å². The molecule has 34 heteroatoms. The van der Waals surface area contributed by atoms with Crippen molar-refractivity contribution in [2.75, 3.05) is 59.4 Å². The van der Waals surface area contributed by atoms with Crippen LogP contribution in [0.25, 0.3) is 0 Å². The molecule has 0 N–H and O–H groups in total. The number of nitrogens with zero attached hydrogens (tertiary/aromatic N) is 2. The van der Waals surface area contributed by atoms with Gasteiger partial charge in [-0.1, -0.05) is 88.1 Å². The second kappa shape index (κ2) is 27.2. The number of amides is 2. The fourth-order valence-corrected chi connectivity index (χ4v) is 11.5. The summed E-state index contributed by atoms with van der Waals surface area (Å²) >= 11 is 0. The number of anilines is 2. The van der Waals surface area contributed by atoms with Crippen molar-refractivity contribution in [3.8, 4) is 0 Å². The van der Waals surface area contributed by atoms with Crippen LogP contribution in [0.2, 0.25) is 0 Å². The van der Waals surface area contributed by atoms with Crippen molar-refractivity contribution < 1.29 is 134 Å². The van der Waals surface area contributed by atoms with Crippen molar-refractivity contribution in [1.82, 2.24) is 0 Å². The summed E-state index contributed by atoms with van der Waals surface area (Å²) in [6, 6.07) is 10.3. The average molecular weight is 1390 g/mol. The number of hydrogen-bond acceptors (Lipinski definition) is 6. The van der Waals surface area contributed by atoms with Crippen LogP contribution in [0.1, 0.15) is 93.9 Å². The molecule has 0 saturated heterocycles. The number of carbonyl (C=O) groups excluding carboxylic acids is 2. The SMILES string of the molecule is C=CS(C)(C)CCCN(C(=O)C(F)(C(F)(F)F)C(C)(CC)OC(F)(F)C(F)(C(F)(F)F)C(C)(CC)OC(F)(F)C(F)(F)OC(C)(CC)C(F)(C(F)(F)F)C(F)(F)OC(C)(CC)C(F)(C(=O)N(CCCS(C)(C)C=C)c1ccccc1)C(F)(F)F)c1ccccc1. The largest absolute Gasteiger partial charge is 0.448 e. The zero-order chi connectivity index (χ0) is 70.8. The van der Waals surface area contributed by atoms with Gasteiger partial charge in [0.25, 0.3) is 11.8 Å². The third-order valence-corrected chi connectivity index (χ3v) is 20.4. The molecule has 2 aromatic rings. The molecule has 0 fully saturated rings. The molecule has 2 rings (SSSR count). The first kappa shape index (κ1) is 81.8. The first-order chi connectivity index (χ1) is 40.2. The second-order valence-corrected chi connectivity index (χ2v) is 30.7. The van der Waals surface area contributed by atoms with Gasteiger partial charge in [0, 0.05) is 24.5 Å². The van der Waals surface area contributed by atoms with Gasteiger partial charge in [0.2, 0.25) is 0 Å². The molecule has 8 unspecified atom stereocenters. The van der Waals surface area contributed by atoms with Gasteiger partial charge in [0.15, 0.2) is 0 Å². The van der Waals surface area contributed by atoms with E-state index in [0.29, 0.717) is 0 Å². The van der Waals surface area contributed by atoms with Crippen molar-refractivity contribution in [3.63, 3.8) is 0 Å². The predicted octanol–water partition coefficient (Wildman–Crippen LogP) is 18.4. The standard InChI is InChI=1S/C56H72F24N2O6S2/c1-15-41(7,45(57,49(61,62)63)39(83)81(37-29-23-21-24-30-37)33-27-35-89(11,12)19-5)85-53(73,74)47(59,51(67,68)69)43(9,17-3)87-55(77,78)56(79,80)88-44(10,18-4)48(60,52(70,71)72)54(75,76)86-42(8,16-2)46(58,50(64,65)66)40(84)82(38-31-25-22-26-32-38)34-28-36-90(13,14)20-6/h19-26,29-32H,5-6,15-18,27-28,33-36H2,1-4,7-14H3.